The van der Waals surface area contributed by atoms with Gasteiger partial charge in [-0.3, -0.25) is 4.90 Å². The molecule has 170 valence electrons. The van der Waals surface area contributed by atoms with Crippen LogP contribution in [0, 0.1) is 0 Å². The molecule has 1 saturated heterocycles. The molecule has 1 aliphatic heterocycles. The Bertz CT molecular complexity index is 941. The van der Waals surface area contributed by atoms with Crippen LogP contribution in [-0.4, -0.2) is 38.9 Å². The fourth-order valence-electron chi connectivity index (χ4n) is 3.44. The zero-order valence-corrected chi connectivity index (χ0v) is 21.0. The lowest BCUT2D eigenvalue weighted by atomic mass is 10.1. The van der Waals surface area contributed by atoms with Crippen LogP contribution in [0.4, 0.5) is 0 Å². The molecule has 0 atom stereocenters. The van der Waals surface area contributed by atoms with E-state index in [1.54, 1.807) is 12.1 Å². The van der Waals surface area contributed by atoms with Gasteiger partial charge in [-0.15, -0.1) is 24.0 Å². The van der Waals surface area contributed by atoms with E-state index in [-0.39, 0.29) is 28.9 Å². The summed E-state index contributed by atoms with van der Waals surface area (Å²) in [6, 6.07) is 15.2. The Kier molecular flexibility index (Phi) is 10.2. The summed E-state index contributed by atoms with van der Waals surface area (Å²) in [5.74, 6) is 0.717. The second-order valence-electron chi connectivity index (χ2n) is 7.54. The third kappa shape index (κ3) is 8.40. The summed E-state index contributed by atoms with van der Waals surface area (Å²) in [6.45, 7) is 7.33. The van der Waals surface area contributed by atoms with Crippen molar-refractivity contribution in [1.29, 1.82) is 0 Å². The molecular formula is C22H32IN5O2S. The number of primary sulfonamides is 1. The highest BCUT2D eigenvalue weighted by Gasteiger charge is 2.11. The molecule has 0 saturated carbocycles. The monoisotopic (exact) mass is 557 g/mol. The number of nitrogens with zero attached hydrogens (tertiary/aromatic N) is 2. The van der Waals surface area contributed by atoms with Gasteiger partial charge in [-0.1, -0.05) is 36.4 Å². The number of likely N-dealkylation sites (tertiary alicyclic amines) is 1. The highest BCUT2D eigenvalue weighted by atomic mass is 127. The number of guanidine groups is 1. The second kappa shape index (κ2) is 12.4. The second-order valence-corrected chi connectivity index (χ2v) is 9.10. The maximum absolute atomic E-state index is 11.4. The summed E-state index contributed by atoms with van der Waals surface area (Å²) >= 11 is 0. The number of halogens is 1. The molecule has 1 heterocycles. The van der Waals surface area contributed by atoms with E-state index in [1.165, 1.54) is 49.2 Å². The first-order valence-electron chi connectivity index (χ1n) is 10.4. The SMILES string of the molecule is CCNC(=NCc1ccc(S(N)(=O)=O)cc1)NCc1ccc(CN2CCCC2)cc1.I. The van der Waals surface area contributed by atoms with Gasteiger partial charge in [-0.05, 0) is 61.7 Å². The summed E-state index contributed by atoms with van der Waals surface area (Å²) in [4.78, 5) is 7.19. The molecular weight excluding hydrogens is 525 g/mol. The summed E-state index contributed by atoms with van der Waals surface area (Å²) in [5.41, 5.74) is 3.46. The normalized spacial score (nSPS) is 14.8. The van der Waals surface area contributed by atoms with Gasteiger partial charge in [-0.2, -0.15) is 0 Å². The van der Waals surface area contributed by atoms with Gasteiger partial charge in [0.25, 0.3) is 0 Å². The number of rotatable bonds is 8. The third-order valence-corrected chi connectivity index (χ3v) is 6.03. The van der Waals surface area contributed by atoms with Gasteiger partial charge in [0.15, 0.2) is 5.96 Å². The van der Waals surface area contributed by atoms with Gasteiger partial charge in [-0.25, -0.2) is 18.5 Å². The lowest BCUT2D eigenvalue weighted by Crippen LogP contribution is -2.36. The van der Waals surface area contributed by atoms with Gasteiger partial charge in [0, 0.05) is 19.6 Å². The minimum atomic E-state index is -3.67. The zero-order chi connectivity index (χ0) is 21.4. The van der Waals surface area contributed by atoms with E-state index in [0.717, 1.165) is 18.7 Å². The van der Waals surface area contributed by atoms with Crippen LogP contribution in [0.5, 0.6) is 0 Å². The van der Waals surface area contributed by atoms with Gasteiger partial charge < -0.3 is 10.6 Å². The van der Waals surface area contributed by atoms with Crippen molar-refractivity contribution in [3.05, 3.63) is 65.2 Å². The number of benzene rings is 2. The van der Waals surface area contributed by atoms with Crippen LogP contribution in [0.2, 0.25) is 0 Å². The Morgan fingerprint density at radius 2 is 1.55 bits per heavy atom. The van der Waals surface area contributed by atoms with Crippen LogP contribution < -0.4 is 15.8 Å². The molecule has 0 radical (unpaired) electrons. The van der Waals surface area contributed by atoms with E-state index < -0.39 is 10.0 Å². The molecule has 0 amide bonds. The van der Waals surface area contributed by atoms with Crippen LogP contribution >= 0.6 is 24.0 Å². The van der Waals surface area contributed by atoms with Crippen molar-refractivity contribution < 1.29 is 8.42 Å². The first kappa shape index (κ1) is 25.6. The molecule has 7 nitrogen and oxygen atoms in total. The maximum atomic E-state index is 11.4. The highest BCUT2D eigenvalue weighted by Crippen LogP contribution is 2.13. The Hall–Kier alpha value is -1.69. The van der Waals surface area contributed by atoms with Crippen LogP contribution in [0.3, 0.4) is 0 Å². The van der Waals surface area contributed by atoms with E-state index in [1.807, 2.05) is 6.92 Å². The Morgan fingerprint density at radius 3 is 2.13 bits per heavy atom. The quantitative estimate of drug-likeness (QED) is 0.264. The van der Waals surface area contributed by atoms with Crippen LogP contribution in [0.1, 0.15) is 36.5 Å². The van der Waals surface area contributed by atoms with Crippen molar-refractivity contribution in [2.24, 2.45) is 10.1 Å². The summed E-state index contributed by atoms with van der Waals surface area (Å²) in [5, 5.41) is 11.7. The number of nitrogens with one attached hydrogen (secondary N) is 2. The van der Waals surface area contributed by atoms with E-state index in [2.05, 4.69) is 44.8 Å². The largest absolute Gasteiger partial charge is 0.357 e. The highest BCUT2D eigenvalue weighted by molar-refractivity contribution is 14.0. The molecule has 0 aromatic heterocycles. The van der Waals surface area contributed by atoms with Gasteiger partial charge in [0.2, 0.25) is 10.0 Å². The molecule has 1 fully saturated rings. The fraction of sp³-hybridized carbons (Fsp3) is 0.409. The minimum Gasteiger partial charge on any atom is -0.357 e. The van der Waals surface area contributed by atoms with Crippen molar-refractivity contribution in [2.75, 3.05) is 19.6 Å². The summed E-state index contributed by atoms with van der Waals surface area (Å²) in [7, 11) is -3.67. The number of hydrogen-bond acceptors (Lipinski definition) is 4. The predicted octanol–water partition coefficient (Wildman–Crippen LogP) is 2.80. The topological polar surface area (TPSA) is 99.8 Å². The molecule has 2 aromatic rings. The van der Waals surface area contributed by atoms with Crippen molar-refractivity contribution >= 4 is 40.0 Å². The Balaban J connectivity index is 0.00000341. The molecule has 0 bridgehead atoms. The average molecular weight is 558 g/mol. The van der Waals surface area contributed by atoms with E-state index in [9.17, 15) is 8.42 Å². The van der Waals surface area contributed by atoms with Crippen LogP contribution in [0.15, 0.2) is 58.4 Å². The molecule has 0 aliphatic carbocycles. The zero-order valence-electron chi connectivity index (χ0n) is 17.9. The Labute approximate surface area is 202 Å². The van der Waals surface area contributed by atoms with Crippen molar-refractivity contribution in [1.82, 2.24) is 15.5 Å². The molecule has 3 rings (SSSR count). The Morgan fingerprint density at radius 1 is 0.968 bits per heavy atom. The predicted molar refractivity (Wildman–Crippen MR) is 136 cm³/mol. The number of sulfonamides is 1. The van der Waals surface area contributed by atoms with Crippen molar-refractivity contribution in [2.45, 2.75) is 44.3 Å². The first-order valence-corrected chi connectivity index (χ1v) is 11.9. The van der Waals surface area contributed by atoms with E-state index in [4.69, 9.17) is 5.14 Å². The van der Waals surface area contributed by atoms with Crippen LogP contribution in [0.25, 0.3) is 0 Å². The van der Waals surface area contributed by atoms with Crippen LogP contribution in [-0.2, 0) is 29.7 Å². The molecule has 0 spiro atoms. The summed E-state index contributed by atoms with van der Waals surface area (Å²) in [6.07, 6.45) is 2.62. The molecule has 1 aliphatic rings. The molecule has 2 aromatic carbocycles. The average Bonchev–Trinajstić information content (AvgIpc) is 3.24. The van der Waals surface area contributed by atoms with E-state index >= 15 is 0 Å². The summed E-state index contributed by atoms with van der Waals surface area (Å²) < 4.78 is 22.7. The van der Waals surface area contributed by atoms with Gasteiger partial charge in [0.05, 0.1) is 11.4 Å². The van der Waals surface area contributed by atoms with Gasteiger partial charge in [0.1, 0.15) is 0 Å². The fourth-order valence-corrected chi connectivity index (χ4v) is 3.96. The third-order valence-electron chi connectivity index (χ3n) is 5.10. The lowest BCUT2D eigenvalue weighted by molar-refractivity contribution is 0.331. The number of nitrogens with two attached hydrogens (primary N) is 1. The minimum absolute atomic E-state index is 0. The smallest absolute Gasteiger partial charge is 0.238 e. The molecule has 4 N–H and O–H groups in total. The maximum Gasteiger partial charge on any atom is 0.238 e. The lowest BCUT2D eigenvalue weighted by Gasteiger charge is -2.15. The van der Waals surface area contributed by atoms with Crippen molar-refractivity contribution in [3.8, 4) is 0 Å². The molecule has 31 heavy (non-hydrogen) atoms. The molecule has 0 unspecified atom stereocenters. The first-order chi connectivity index (χ1) is 14.4. The standard InChI is InChI=1S/C22H31N5O2S.HI/c1-2-24-22(26-16-19-9-11-21(12-10-19)30(23,28)29)25-15-18-5-7-20(8-6-18)17-27-13-3-4-14-27;/h5-12H,2-4,13-17H2,1H3,(H2,23,28,29)(H2,24,25,26);1H. The van der Waals surface area contributed by atoms with E-state index in [0.29, 0.717) is 19.0 Å². The van der Waals surface area contributed by atoms with Gasteiger partial charge >= 0.3 is 0 Å². The number of aliphatic imine (C=N–C) groups is 1. The molecule has 9 heteroatoms. The van der Waals surface area contributed by atoms with Crippen molar-refractivity contribution in [3.63, 3.8) is 0 Å². The number of hydrogen-bond donors (Lipinski definition) is 3.